The van der Waals surface area contributed by atoms with Gasteiger partial charge in [-0.15, -0.1) is 0 Å². The zero-order chi connectivity index (χ0) is 11.8. The molecular weight excluding hydrogens is 206 g/mol. The fraction of sp³-hybridized carbons (Fsp3) is 0.250. The van der Waals surface area contributed by atoms with Crippen LogP contribution in [0.5, 0.6) is 23.0 Å². The molecule has 8 N–H and O–H groups in total. The van der Waals surface area contributed by atoms with E-state index in [2.05, 4.69) is 0 Å². The molecule has 1 rings (SSSR count). The van der Waals surface area contributed by atoms with Gasteiger partial charge >= 0.3 is 0 Å². The van der Waals surface area contributed by atoms with Gasteiger partial charge in [-0.05, 0) is 0 Å². The Kier molecular flexibility index (Phi) is 2.63. The zero-order valence-corrected chi connectivity index (χ0v) is 7.55. The molecule has 84 valence electrons. The van der Waals surface area contributed by atoms with Crippen LogP contribution in [0.15, 0.2) is 6.07 Å². The minimum absolute atomic E-state index is 0.654. The lowest BCUT2D eigenvalue weighted by Crippen LogP contribution is -2.34. The second-order valence-corrected chi connectivity index (χ2v) is 3.01. The second kappa shape index (κ2) is 3.46. The van der Waals surface area contributed by atoms with Gasteiger partial charge in [0, 0.05) is 6.07 Å². The van der Waals surface area contributed by atoms with Crippen LogP contribution in [-0.2, 0) is 5.79 Å². The molecule has 1 aromatic rings. The van der Waals surface area contributed by atoms with Crippen LogP contribution >= 0.6 is 0 Å². The number of aliphatic hydroxyl groups is 2. The summed E-state index contributed by atoms with van der Waals surface area (Å²) in [5.74, 6) is -6.29. The minimum Gasteiger partial charge on any atom is -0.507 e. The molecule has 0 atom stereocenters. The molecule has 0 unspecified atom stereocenters. The Morgan fingerprint density at radius 2 is 1.53 bits per heavy atom. The molecular formula is C8H11NO6. The maximum atomic E-state index is 9.29. The molecule has 0 bridgehead atoms. The van der Waals surface area contributed by atoms with Gasteiger partial charge in [-0.1, -0.05) is 0 Å². The van der Waals surface area contributed by atoms with Crippen LogP contribution in [0, 0.1) is 0 Å². The lowest BCUT2D eigenvalue weighted by molar-refractivity contribution is -0.162. The van der Waals surface area contributed by atoms with Gasteiger partial charge in [0.25, 0.3) is 0 Å². The number of hydrogen-bond acceptors (Lipinski definition) is 7. The summed E-state index contributed by atoms with van der Waals surface area (Å²) < 4.78 is 0. The summed E-state index contributed by atoms with van der Waals surface area (Å²) in [6.45, 7) is -0.710. The maximum absolute atomic E-state index is 9.29. The Hall–Kier alpha value is -1.70. The van der Waals surface area contributed by atoms with E-state index in [1.165, 1.54) is 0 Å². The minimum atomic E-state index is -2.70. The summed E-state index contributed by atoms with van der Waals surface area (Å²) in [6.07, 6.45) is 0. The molecule has 0 aliphatic carbocycles. The van der Waals surface area contributed by atoms with Gasteiger partial charge in [0.05, 0.1) is 12.1 Å². The summed E-state index contributed by atoms with van der Waals surface area (Å²) in [4.78, 5) is 0. The quantitative estimate of drug-likeness (QED) is 0.183. The fourth-order valence-corrected chi connectivity index (χ4v) is 1.13. The van der Waals surface area contributed by atoms with E-state index in [0.717, 1.165) is 0 Å². The molecule has 0 fully saturated rings. The molecule has 0 heterocycles. The van der Waals surface area contributed by atoms with Crippen molar-refractivity contribution in [3.63, 3.8) is 0 Å². The number of phenols is 4. The molecule has 1 aromatic carbocycles. The SMILES string of the molecule is NCC(O)(O)c1c(O)cc(O)c(O)c1O. The summed E-state index contributed by atoms with van der Waals surface area (Å²) >= 11 is 0. The predicted octanol–water partition coefficient (Wildman–Crippen LogP) is -1.39. The monoisotopic (exact) mass is 217 g/mol. The lowest BCUT2D eigenvalue weighted by atomic mass is 10.0. The first-order chi connectivity index (χ1) is 6.81. The molecule has 15 heavy (non-hydrogen) atoms. The molecule has 7 heteroatoms. The standard InChI is InChI=1S/C8H11NO6/c9-2-8(14,15)5-3(10)1-4(11)6(12)7(5)13/h1,10-15H,2,9H2. The molecule has 0 saturated carbocycles. The highest BCUT2D eigenvalue weighted by Crippen LogP contribution is 2.46. The molecule has 0 aliphatic heterocycles. The number of nitrogens with two attached hydrogens (primary N) is 1. The van der Waals surface area contributed by atoms with Crippen molar-refractivity contribution in [1.29, 1.82) is 0 Å². The van der Waals surface area contributed by atoms with E-state index in [1.54, 1.807) is 0 Å². The number of phenolic OH excluding ortho intramolecular Hbond substituents is 4. The third kappa shape index (κ3) is 1.75. The topological polar surface area (TPSA) is 147 Å². The van der Waals surface area contributed by atoms with Crippen molar-refractivity contribution in [1.82, 2.24) is 0 Å². The first-order valence-corrected chi connectivity index (χ1v) is 3.93. The number of hydrogen-bond donors (Lipinski definition) is 7. The van der Waals surface area contributed by atoms with Crippen molar-refractivity contribution in [2.45, 2.75) is 5.79 Å². The third-order valence-electron chi connectivity index (χ3n) is 1.92. The summed E-state index contributed by atoms with van der Waals surface area (Å²) in [7, 11) is 0. The predicted molar refractivity (Wildman–Crippen MR) is 48.3 cm³/mol. The van der Waals surface area contributed by atoms with E-state index in [-0.39, 0.29) is 0 Å². The van der Waals surface area contributed by atoms with Gasteiger partial charge in [-0.25, -0.2) is 0 Å². The van der Waals surface area contributed by atoms with E-state index in [1.807, 2.05) is 0 Å². The Labute approximate surface area is 84.3 Å². The van der Waals surface area contributed by atoms with Crippen molar-refractivity contribution >= 4 is 0 Å². The van der Waals surface area contributed by atoms with Crippen LogP contribution < -0.4 is 5.73 Å². The van der Waals surface area contributed by atoms with Crippen LogP contribution in [0.2, 0.25) is 0 Å². The highest BCUT2D eigenvalue weighted by Gasteiger charge is 2.33. The van der Waals surface area contributed by atoms with Crippen LogP contribution in [0.1, 0.15) is 5.56 Å². The summed E-state index contributed by atoms with van der Waals surface area (Å²) in [6, 6.07) is 0.654. The third-order valence-corrected chi connectivity index (χ3v) is 1.92. The summed E-state index contributed by atoms with van der Waals surface area (Å²) in [5.41, 5.74) is 4.23. The highest BCUT2D eigenvalue weighted by atomic mass is 16.5. The first-order valence-electron chi connectivity index (χ1n) is 3.93. The molecule has 7 nitrogen and oxygen atoms in total. The van der Waals surface area contributed by atoms with Gasteiger partial charge in [0.2, 0.25) is 11.5 Å². The molecule has 0 amide bonds. The molecule has 0 saturated heterocycles. The largest absolute Gasteiger partial charge is 0.507 e. The van der Waals surface area contributed by atoms with E-state index in [4.69, 9.17) is 15.9 Å². The van der Waals surface area contributed by atoms with E-state index in [9.17, 15) is 20.4 Å². The maximum Gasteiger partial charge on any atom is 0.210 e. The van der Waals surface area contributed by atoms with Crippen LogP contribution in [-0.4, -0.2) is 37.2 Å². The first kappa shape index (κ1) is 11.4. The average molecular weight is 217 g/mol. The normalized spacial score (nSPS) is 11.7. The number of aromatic hydroxyl groups is 4. The smallest absolute Gasteiger partial charge is 0.210 e. The van der Waals surface area contributed by atoms with Crippen molar-refractivity contribution in [2.24, 2.45) is 5.73 Å². The van der Waals surface area contributed by atoms with Crippen molar-refractivity contribution in [2.75, 3.05) is 6.54 Å². The number of rotatable bonds is 2. The molecule has 0 aromatic heterocycles. The lowest BCUT2D eigenvalue weighted by Gasteiger charge is -2.22. The van der Waals surface area contributed by atoms with Gasteiger partial charge in [0.15, 0.2) is 11.5 Å². The molecule has 0 aliphatic rings. The van der Waals surface area contributed by atoms with Crippen molar-refractivity contribution in [3.05, 3.63) is 11.6 Å². The average Bonchev–Trinajstić information content (AvgIpc) is 2.14. The zero-order valence-electron chi connectivity index (χ0n) is 7.55. The van der Waals surface area contributed by atoms with Crippen LogP contribution in [0.3, 0.4) is 0 Å². The van der Waals surface area contributed by atoms with Gasteiger partial charge in [0.1, 0.15) is 5.75 Å². The Morgan fingerprint density at radius 3 is 2.00 bits per heavy atom. The van der Waals surface area contributed by atoms with Crippen LogP contribution in [0.25, 0.3) is 0 Å². The Morgan fingerprint density at radius 1 is 1.00 bits per heavy atom. The Balaban J connectivity index is 3.49. The highest BCUT2D eigenvalue weighted by molar-refractivity contribution is 5.60. The van der Waals surface area contributed by atoms with Crippen molar-refractivity contribution < 1.29 is 30.6 Å². The second-order valence-electron chi connectivity index (χ2n) is 3.01. The van der Waals surface area contributed by atoms with Gasteiger partial charge in [-0.3, -0.25) is 0 Å². The van der Waals surface area contributed by atoms with E-state index in [0.29, 0.717) is 6.07 Å². The van der Waals surface area contributed by atoms with E-state index < -0.39 is 40.9 Å². The van der Waals surface area contributed by atoms with Gasteiger partial charge in [-0.2, -0.15) is 0 Å². The van der Waals surface area contributed by atoms with Crippen LogP contribution in [0.4, 0.5) is 0 Å². The summed E-state index contributed by atoms with van der Waals surface area (Å²) in [5, 5.41) is 55.2. The van der Waals surface area contributed by atoms with Gasteiger partial charge < -0.3 is 36.4 Å². The van der Waals surface area contributed by atoms with E-state index >= 15 is 0 Å². The number of benzene rings is 1. The molecule has 0 radical (unpaired) electrons. The Bertz CT molecular complexity index is 389. The molecule has 0 spiro atoms. The van der Waals surface area contributed by atoms with Crippen molar-refractivity contribution in [3.8, 4) is 23.0 Å². The fourth-order valence-electron chi connectivity index (χ4n) is 1.13.